The molecule has 0 radical (unpaired) electrons. The number of carboxylic acids is 1. The van der Waals surface area contributed by atoms with Gasteiger partial charge in [-0.25, -0.2) is 4.72 Å². The quantitative estimate of drug-likeness (QED) is 0.267. The second-order valence-corrected chi connectivity index (χ2v) is 22.9. The first-order valence-corrected chi connectivity index (χ1v) is 22.4. The van der Waals surface area contributed by atoms with Crippen molar-refractivity contribution in [2.75, 3.05) is 37.7 Å². The number of fused-ring (bicyclic) bond motifs is 4. The van der Waals surface area contributed by atoms with E-state index in [-0.39, 0.29) is 41.0 Å². The summed E-state index contributed by atoms with van der Waals surface area (Å²) >= 11 is 6.45. The summed E-state index contributed by atoms with van der Waals surface area (Å²) in [6, 6.07) is 11.2. The van der Waals surface area contributed by atoms with Gasteiger partial charge in [0.25, 0.3) is 5.91 Å². The average Bonchev–Trinajstić information content (AvgIpc) is 3.16. The number of aliphatic carboxylic acids is 1. The third kappa shape index (κ3) is 7.50. The van der Waals surface area contributed by atoms with Gasteiger partial charge in [0.2, 0.25) is 0 Å². The maximum absolute atomic E-state index is 13.5. The van der Waals surface area contributed by atoms with Gasteiger partial charge in [-0.15, -0.1) is 0 Å². The van der Waals surface area contributed by atoms with Crippen molar-refractivity contribution in [3.05, 3.63) is 70.3 Å². The highest BCUT2D eigenvalue weighted by atomic mass is 35.5. The fraction of sp³-hybridized carbons (Fsp3) is 0.568. The minimum absolute atomic E-state index is 0.0129. The maximum Gasteiger partial charge on any atom is 0.318 e. The van der Waals surface area contributed by atoms with Gasteiger partial charge in [0, 0.05) is 35.6 Å². The summed E-state index contributed by atoms with van der Waals surface area (Å²) in [7, 11) is -6.68. The van der Waals surface area contributed by atoms with Gasteiger partial charge in [0.15, 0.2) is 8.32 Å². The van der Waals surface area contributed by atoms with E-state index in [0.717, 1.165) is 48.6 Å². The number of rotatable bonds is 4. The summed E-state index contributed by atoms with van der Waals surface area (Å²) in [5.41, 5.74) is 3.06. The van der Waals surface area contributed by atoms with E-state index in [9.17, 15) is 23.1 Å². The zero-order valence-corrected chi connectivity index (χ0v) is 32.3. The SMILES string of the molecule is CC(C)(C)[Si](C)(C)OC1/C=C/CCN(CC(=O)O)S(=O)(=O)NC(=O)c2ccc3c(c2)N(C[C@@H]2CC[C@@H]12)C[C@@]1(CCCc2cc(Cl)ccc21)CO3. The Hall–Kier alpha value is -2.90. The Labute approximate surface area is 302 Å². The van der Waals surface area contributed by atoms with Crippen LogP contribution in [0.2, 0.25) is 23.2 Å². The molecule has 4 atom stereocenters. The van der Waals surface area contributed by atoms with Crippen LogP contribution in [0.25, 0.3) is 0 Å². The van der Waals surface area contributed by atoms with E-state index in [1.165, 1.54) is 11.1 Å². The van der Waals surface area contributed by atoms with E-state index in [1.807, 2.05) is 12.1 Å². The number of carbonyl (C=O) groups is 2. The summed E-state index contributed by atoms with van der Waals surface area (Å²) in [5.74, 6) is -0.955. The molecule has 2 aromatic rings. The molecule has 50 heavy (non-hydrogen) atoms. The molecular formula is C37H50ClN3O7SSi. The van der Waals surface area contributed by atoms with Crippen molar-refractivity contribution in [1.82, 2.24) is 9.03 Å². The number of ether oxygens (including phenoxy) is 1. The Morgan fingerprint density at radius 2 is 1.96 bits per heavy atom. The molecule has 10 nitrogen and oxygen atoms in total. The molecule has 2 heterocycles. The van der Waals surface area contributed by atoms with Crippen LogP contribution >= 0.6 is 11.6 Å². The van der Waals surface area contributed by atoms with Gasteiger partial charge >= 0.3 is 16.2 Å². The second-order valence-electron chi connectivity index (χ2n) is 16.0. The number of hydrogen-bond donors (Lipinski definition) is 2. The Morgan fingerprint density at radius 1 is 1.18 bits per heavy atom. The van der Waals surface area contributed by atoms with Gasteiger partial charge in [0.1, 0.15) is 12.3 Å². The lowest BCUT2D eigenvalue weighted by molar-refractivity contribution is -0.137. The molecule has 2 aliphatic heterocycles. The highest BCUT2D eigenvalue weighted by Crippen LogP contribution is 2.48. The summed E-state index contributed by atoms with van der Waals surface area (Å²) in [4.78, 5) is 27.6. The first kappa shape index (κ1) is 36.9. The number of amides is 1. The lowest BCUT2D eigenvalue weighted by atomic mass is 9.68. The topological polar surface area (TPSA) is 125 Å². The number of nitrogens with zero attached hydrogens (tertiary/aromatic N) is 2. The minimum atomic E-state index is -4.48. The molecule has 1 saturated carbocycles. The molecule has 2 N–H and O–H groups in total. The number of carbonyl (C=O) groups excluding carboxylic acids is 1. The summed E-state index contributed by atoms with van der Waals surface area (Å²) in [6.45, 7) is 12.1. The van der Waals surface area contributed by atoms with Gasteiger partial charge in [0.05, 0.1) is 18.4 Å². The fourth-order valence-electron chi connectivity index (χ4n) is 7.70. The Kier molecular flexibility index (Phi) is 10.3. The molecule has 4 aliphatic rings. The van der Waals surface area contributed by atoms with Crippen molar-refractivity contribution in [3.8, 4) is 5.75 Å². The zero-order chi connectivity index (χ0) is 36.1. The van der Waals surface area contributed by atoms with E-state index >= 15 is 0 Å². The maximum atomic E-state index is 13.5. The van der Waals surface area contributed by atoms with Crippen molar-refractivity contribution >= 4 is 47.7 Å². The molecule has 0 aromatic heterocycles. The lowest BCUT2D eigenvalue weighted by Crippen LogP contribution is -2.52. The Bertz CT molecular complexity index is 1780. The minimum Gasteiger partial charge on any atom is -0.490 e. The number of aryl methyl sites for hydroxylation is 1. The van der Waals surface area contributed by atoms with E-state index < -0.39 is 36.9 Å². The molecule has 1 amide bonds. The largest absolute Gasteiger partial charge is 0.490 e. The van der Waals surface area contributed by atoms with Crippen LogP contribution in [0.4, 0.5) is 5.69 Å². The smallest absolute Gasteiger partial charge is 0.318 e. The first-order valence-electron chi connectivity index (χ1n) is 17.7. The highest BCUT2D eigenvalue weighted by molar-refractivity contribution is 7.87. The van der Waals surface area contributed by atoms with Crippen molar-refractivity contribution in [1.29, 1.82) is 0 Å². The molecule has 6 rings (SSSR count). The lowest BCUT2D eigenvalue weighted by Gasteiger charge is -2.48. The van der Waals surface area contributed by atoms with Crippen LogP contribution in [-0.2, 0) is 31.3 Å². The van der Waals surface area contributed by atoms with Crippen molar-refractivity contribution < 1.29 is 32.3 Å². The van der Waals surface area contributed by atoms with Crippen LogP contribution in [0.3, 0.4) is 0 Å². The monoisotopic (exact) mass is 743 g/mol. The van der Waals surface area contributed by atoms with Crippen LogP contribution in [0, 0.1) is 11.8 Å². The van der Waals surface area contributed by atoms with E-state index in [2.05, 4.69) is 61.7 Å². The molecule has 1 fully saturated rings. The van der Waals surface area contributed by atoms with Crippen LogP contribution in [0.15, 0.2) is 48.6 Å². The van der Waals surface area contributed by atoms with Crippen LogP contribution in [-0.4, -0.2) is 76.9 Å². The number of anilines is 1. The molecule has 1 spiro atoms. The molecule has 0 saturated heterocycles. The van der Waals surface area contributed by atoms with Crippen LogP contribution in [0.5, 0.6) is 5.75 Å². The number of benzene rings is 2. The average molecular weight is 744 g/mol. The first-order chi connectivity index (χ1) is 23.5. The van der Waals surface area contributed by atoms with Crippen molar-refractivity contribution in [2.45, 2.75) is 88.9 Å². The molecule has 272 valence electrons. The molecule has 2 bridgehead atoms. The predicted octanol–water partition coefficient (Wildman–Crippen LogP) is 6.55. The summed E-state index contributed by atoms with van der Waals surface area (Å²) in [5, 5.41) is 10.3. The number of halogens is 1. The second kappa shape index (κ2) is 13.9. The van der Waals surface area contributed by atoms with Gasteiger partial charge in [-0.2, -0.15) is 12.7 Å². The van der Waals surface area contributed by atoms with Crippen LogP contribution in [0.1, 0.15) is 74.4 Å². The third-order valence-corrected chi connectivity index (χ3v) is 17.8. The summed E-state index contributed by atoms with van der Waals surface area (Å²) < 4.78 is 43.5. The molecule has 2 aliphatic carbocycles. The molecule has 2 aromatic carbocycles. The normalized spacial score (nSPS) is 27.9. The van der Waals surface area contributed by atoms with E-state index in [4.69, 9.17) is 20.8 Å². The Balaban J connectivity index is 1.44. The van der Waals surface area contributed by atoms with E-state index in [1.54, 1.807) is 18.2 Å². The number of hydrogen-bond acceptors (Lipinski definition) is 7. The predicted molar refractivity (Wildman–Crippen MR) is 198 cm³/mol. The molecule has 1 unspecified atom stereocenters. The van der Waals surface area contributed by atoms with Crippen molar-refractivity contribution in [3.63, 3.8) is 0 Å². The standard InChI is InChI=1S/C37H50ClN3O7SSi/c1-36(2,3)50(4,5)48-32-10-6-7-18-41(22-34(42)43)49(45,46)39-35(44)26-12-16-33-31(20-26)40(21-27-11-14-29(27)32)23-37(24-47-33)17-8-9-25-19-28(38)13-15-30(25)37/h6,10,12-13,15-16,19-20,27,29,32H,7-9,11,14,17-18,21-24H2,1-5H3,(H,39,44)(H,42,43)/b10-6+/t27-,29+,32?,37-/m0/s1. The van der Waals surface area contributed by atoms with Gasteiger partial charge in [-0.1, -0.05) is 50.6 Å². The van der Waals surface area contributed by atoms with Crippen LogP contribution < -0.4 is 14.4 Å². The summed E-state index contributed by atoms with van der Waals surface area (Å²) in [6.07, 6.45) is 8.98. The van der Waals surface area contributed by atoms with Crippen molar-refractivity contribution in [2.24, 2.45) is 11.8 Å². The fourth-order valence-corrected chi connectivity index (χ4v) is 10.3. The highest BCUT2D eigenvalue weighted by Gasteiger charge is 2.47. The Morgan fingerprint density at radius 3 is 2.66 bits per heavy atom. The molecule has 13 heteroatoms. The van der Waals surface area contributed by atoms with Gasteiger partial charge in [-0.05, 0) is 110 Å². The third-order valence-electron chi connectivity index (χ3n) is 11.6. The number of carboxylic acid groups (broad SMARTS) is 1. The number of nitrogens with one attached hydrogen (secondary N) is 1. The van der Waals surface area contributed by atoms with Gasteiger partial charge < -0.3 is 19.2 Å². The molecular weight excluding hydrogens is 694 g/mol. The van der Waals surface area contributed by atoms with E-state index in [0.29, 0.717) is 29.8 Å². The van der Waals surface area contributed by atoms with Gasteiger partial charge in [-0.3, -0.25) is 9.59 Å². The zero-order valence-electron chi connectivity index (χ0n) is 29.7.